The second kappa shape index (κ2) is 8.09. The predicted molar refractivity (Wildman–Crippen MR) is 62.4 cm³/mol. The highest BCUT2D eigenvalue weighted by Gasteiger charge is 2.44. The minimum atomic E-state index is -5.44. The minimum absolute atomic E-state index is 0.402. The van der Waals surface area contributed by atoms with Gasteiger partial charge >= 0.3 is 22.4 Å². The first-order valence-electron chi connectivity index (χ1n) is 4.89. The largest absolute Gasteiger partial charge is 0.469 e. The summed E-state index contributed by atoms with van der Waals surface area (Å²) in [6, 6.07) is 0. The van der Waals surface area contributed by atoms with Gasteiger partial charge in [0.25, 0.3) is 0 Å². The van der Waals surface area contributed by atoms with Crippen LogP contribution in [0.25, 0.3) is 0 Å². The lowest BCUT2D eigenvalue weighted by Crippen LogP contribution is -2.20. The molecule has 0 aliphatic heterocycles. The second-order valence-electron chi connectivity index (χ2n) is 3.25. The number of phosphoric acid groups is 1. The van der Waals surface area contributed by atoms with Crippen molar-refractivity contribution in [2.45, 2.75) is 12.7 Å². The maximum Gasteiger partial charge on any atom is 0.469 e. The van der Waals surface area contributed by atoms with E-state index in [2.05, 4.69) is 13.8 Å². The van der Waals surface area contributed by atoms with Crippen LogP contribution in [-0.2, 0) is 27.5 Å². The van der Waals surface area contributed by atoms with Gasteiger partial charge in [-0.1, -0.05) is 0 Å². The molecule has 1 unspecified atom stereocenters. The van der Waals surface area contributed by atoms with Crippen molar-refractivity contribution in [3.05, 3.63) is 0 Å². The molecule has 0 aliphatic carbocycles. The van der Waals surface area contributed by atoms with Crippen molar-refractivity contribution in [3.8, 4) is 0 Å². The lowest BCUT2D eigenvalue weighted by Gasteiger charge is -2.21. The van der Waals surface area contributed by atoms with Crippen molar-refractivity contribution >= 4 is 22.4 Å². The number of ether oxygens (including phenoxy) is 1. The van der Waals surface area contributed by atoms with Gasteiger partial charge in [-0.15, -0.1) is 0 Å². The average molecular weight is 360 g/mol. The normalized spacial score (nSPS) is 17.7. The van der Waals surface area contributed by atoms with Crippen LogP contribution < -0.4 is 0 Å². The fourth-order valence-electron chi connectivity index (χ4n) is 0.822. The average Bonchev–Trinajstić information content (AvgIpc) is 2.21. The molecule has 6 N–H and O–H groups in total. The minimum Gasteiger partial charge on any atom is -0.396 e. The summed E-state index contributed by atoms with van der Waals surface area (Å²) in [5, 5.41) is 8.64. The molecule has 0 aromatic rings. The van der Waals surface area contributed by atoms with Gasteiger partial charge in [-0.3, -0.25) is 9.05 Å². The van der Waals surface area contributed by atoms with Crippen LogP contribution in [-0.4, -0.2) is 55.7 Å². The molecule has 0 bridgehead atoms. The van der Waals surface area contributed by atoms with E-state index in [9.17, 15) is 13.7 Å². The summed E-state index contributed by atoms with van der Waals surface area (Å²) in [7, 11) is -15.5. The lowest BCUT2D eigenvalue weighted by molar-refractivity contribution is -0.100. The molecule has 0 amide bonds. The summed E-state index contributed by atoms with van der Waals surface area (Å²) in [5.41, 5.74) is 0. The van der Waals surface area contributed by atoms with Crippen LogP contribution in [0, 0.1) is 0 Å². The van der Waals surface area contributed by atoms with E-state index in [1.165, 1.54) is 0 Å². The number of aliphatic hydroxyl groups excluding tert-OH is 1. The van der Waals surface area contributed by atoms with E-state index in [4.69, 9.17) is 29.6 Å². The van der Waals surface area contributed by atoms with E-state index in [1.807, 2.05) is 0 Å². The van der Waals surface area contributed by atoms with E-state index in [0.717, 1.165) is 0 Å². The summed E-state index contributed by atoms with van der Waals surface area (Å²) in [6.45, 7) is -1.72. The molecule has 12 nitrogen and oxygen atoms in total. The van der Waals surface area contributed by atoms with E-state index in [-0.39, 0.29) is 0 Å². The maximum atomic E-state index is 11.2. The molecule has 20 heavy (non-hydrogen) atoms. The molecular weight excluding hydrogens is 345 g/mol. The van der Waals surface area contributed by atoms with Crippen LogP contribution in [0.15, 0.2) is 0 Å². The Morgan fingerprint density at radius 1 is 0.950 bits per heavy atom. The molecule has 0 saturated heterocycles. The van der Waals surface area contributed by atoms with Crippen molar-refractivity contribution in [3.63, 3.8) is 0 Å². The fraction of sp³-hybridized carbons (Fsp3) is 1.00. The van der Waals surface area contributed by atoms with E-state index >= 15 is 0 Å². The Balaban J connectivity index is 4.42. The van der Waals surface area contributed by atoms with Gasteiger partial charge in [-0.2, -0.15) is 0 Å². The quantitative estimate of drug-likeness (QED) is 0.160. The Hall–Kier alpha value is 0.330. The summed E-state index contributed by atoms with van der Waals surface area (Å²) in [4.78, 5) is 42.8. The molecule has 0 aliphatic rings. The standard InChI is InChI=1S/C5H15O12P3/c6-2-1-5(15-3-4-16-18(7,8)9)17-20(13,14)19(10,11)12/h5-6H,1-4H2,(H,13,14)(H2,7,8,9)(H2,10,11,12)/t5-/m1/s1. The zero-order valence-electron chi connectivity index (χ0n) is 9.88. The summed E-state index contributed by atoms with van der Waals surface area (Å²) < 4.78 is 45.0. The number of hydrogen-bond donors (Lipinski definition) is 6. The van der Waals surface area contributed by atoms with E-state index in [0.29, 0.717) is 0 Å². The van der Waals surface area contributed by atoms with Crippen LogP contribution in [0.5, 0.6) is 0 Å². The SMILES string of the molecule is O=P(O)(O)OCCO[C@@H](CCO)OP(=O)(O)P(=O)(O)O. The first-order chi connectivity index (χ1) is 8.89. The molecule has 0 heterocycles. The third-order valence-electron chi connectivity index (χ3n) is 1.60. The topological polar surface area (TPSA) is 200 Å². The number of aliphatic hydroxyl groups is 1. The second-order valence-corrected chi connectivity index (χ2v) is 9.78. The highest BCUT2D eigenvalue weighted by molar-refractivity contribution is 8.26. The zero-order valence-corrected chi connectivity index (χ0v) is 12.6. The van der Waals surface area contributed by atoms with Gasteiger partial charge in [0.15, 0.2) is 6.29 Å². The van der Waals surface area contributed by atoms with Crippen LogP contribution in [0.2, 0.25) is 0 Å². The van der Waals surface area contributed by atoms with Crippen molar-refractivity contribution in [1.82, 2.24) is 0 Å². The highest BCUT2D eigenvalue weighted by atomic mass is 32.1. The Morgan fingerprint density at radius 2 is 1.50 bits per heavy atom. The van der Waals surface area contributed by atoms with Crippen molar-refractivity contribution in [1.29, 1.82) is 0 Å². The van der Waals surface area contributed by atoms with Crippen LogP contribution in [0.3, 0.4) is 0 Å². The predicted octanol–water partition coefficient (Wildman–Crippen LogP) is -0.885. The van der Waals surface area contributed by atoms with Crippen LogP contribution in [0.1, 0.15) is 6.42 Å². The van der Waals surface area contributed by atoms with Gasteiger partial charge < -0.3 is 34.3 Å². The Bertz CT molecular complexity index is 423. The summed E-state index contributed by atoms with van der Waals surface area (Å²) in [6.07, 6.45) is -2.07. The third kappa shape index (κ3) is 8.58. The van der Waals surface area contributed by atoms with Gasteiger partial charge in [0.1, 0.15) is 0 Å². The van der Waals surface area contributed by atoms with Gasteiger partial charge in [-0.25, -0.2) is 13.7 Å². The van der Waals surface area contributed by atoms with Gasteiger partial charge in [0.05, 0.1) is 13.2 Å². The fourth-order valence-corrected chi connectivity index (χ4v) is 2.41. The van der Waals surface area contributed by atoms with E-state index < -0.39 is 54.9 Å². The van der Waals surface area contributed by atoms with Crippen molar-refractivity contribution in [2.24, 2.45) is 0 Å². The Labute approximate surface area is 113 Å². The smallest absolute Gasteiger partial charge is 0.396 e. The number of phosphoric ester groups is 1. The first-order valence-corrected chi connectivity index (χ1v) is 10.3. The molecular formula is C5H15O12P3. The lowest BCUT2D eigenvalue weighted by atomic mass is 10.4. The third-order valence-corrected chi connectivity index (χ3v) is 5.54. The number of rotatable bonds is 10. The van der Waals surface area contributed by atoms with Gasteiger partial charge in [0, 0.05) is 13.0 Å². The van der Waals surface area contributed by atoms with Gasteiger partial charge in [0.2, 0.25) is 0 Å². The highest BCUT2D eigenvalue weighted by Crippen LogP contribution is 2.75. The van der Waals surface area contributed by atoms with Crippen molar-refractivity contribution in [2.75, 3.05) is 19.8 Å². The molecule has 0 spiro atoms. The van der Waals surface area contributed by atoms with E-state index in [1.54, 1.807) is 0 Å². The first kappa shape index (κ1) is 20.3. The Kier molecular flexibility index (Phi) is 8.23. The molecule has 0 fully saturated rings. The zero-order chi connectivity index (χ0) is 16.0. The monoisotopic (exact) mass is 360 g/mol. The molecule has 2 atom stereocenters. The molecule has 0 saturated carbocycles. The molecule has 15 heteroatoms. The molecule has 122 valence electrons. The molecule has 0 aromatic heterocycles. The summed E-state index contributed by atoms with van der Waals surface area (Å²) >= 11 is 0. The number of hydrogen-bond acceptors (Lipinski definition) is 7. The molecule has 0 radical (unpaired) electrons. The van der Waals surface area contributed by atoms with Crippen LogP contribution >= 0.6 is 22.4 Å². The molecule has 0 rings (SSSR count). The Morgan fingerprint density at radius 3 is 1.90 bits per heavy atom. The van der Waals surface area contributed by atoms with Crippen LogP contribution in [0.4, 0.5) is 0 Å². The summed E-state index contributed by atoms with van der Waals surface area (Å²) in [5.74, 6) is 0. The van der Waals surface area contributed by atoms with Crippen molar-refractivity contribution < 1.29 is 57.1 Å². The maximum absolute atomic E-state index is 11.2. The van der Waals surface area contributed by atoms with Gasteiger partial charge in [-0.05, 0) is 0 Å². The molecule has 0 aromatic carbocycles.